The lowest BCUT2D eigenvalue weighted by atomic mass is 9.57. The molecule has 2 aliphatic carbocycles. The van der Waals surface area contributed by atoms with Crippen LogP contribution in [0.5, 0.6) is 0 Å². The molecule has 1 N–H and O–H groups in total. The number of benzene rings is 2. The van der Waals surface area contributed by atoms with Gasteiger partial charge in [0, 0.05) is 17.8 Å². The zero-order valence-electron chi connectivity index (χ0n) is 30.4. The average Bonchev–Trinajstić information content (AvgIpc) is 3.64. The van der Waals surface area contributed by atoms with Crippen molar-refractivity contribution in [2.24, 2.45) is 23.7 Å². The Morgan fingerprint density at radius 3 is 2.29 bits per heavy atom. The van der Waals surface area contributed by atoms with E-state index >= 15 is 0 Å². The van der Waals surface area contributed by atoms with Gasteiger partial charge in [0.05, 0.1) is 35.8 Å². The summed E-state index contributed by atoms with van der Waals surface area (Å²) in [7, 11) is -2.20. The van der Waals surface area contributed by atoms with E-state index in [2.05, 4.69) is 106 Å². The van der Waals surface area contributed by atoms with Crippen molar-refractivity contribution in [3.8, 4) is 0 Å². The highest BCUT2D eigenvalue weighted by atomic mass is 79.9. The average molecular weight is 752 g/mol. The van der Waals surface area contributed by atoms with E-state index in [1.807, 2.05) is 44.2 Å². The molecule has 3 aliphatic heterocycles. The first kappa shape index (κ1) is 35.8. The van der Waals surface area contributed by atoms with Crippen molar-refractivity contribution in [1.29, 1.82) is 0 Å². The van der Waals surface area contributed by atoms with E-state index in [1.54, 1.807) is 0 Å². The molecule has 2 bridgehead atoms. The molecule has 3 saturated heterocycles. The third kappa shape index (κ3) is 5.54. The zero-order chi connectivity index (χ0) is 35.2. The molecule has 0 radical (unpaired) electrons. The van der Waals surface area contributed by atoms with Crippen molar-refractivity contribution in [1.82, 2.24) is 0 Å². The van der Waals surface area contributed by atoms with Gasteiger partial charge >= 0.3 is 0 Å². The van der Waals surface area contributed by atoms with Gasteiger partial charge in [0.25, 0.3) is 0 Å². The summed E-state index contributed by atoms with van der Waals surface area (Å²) in [6.07, 6.45) is 4.65. The highest BCUT2D eigenvalue weighted by molar-refractivity contribution is 9.09. The van der Waals surface area contributed by atoms with Gasteiger partial charge in [-0.15, -0.1) is 6.58 Å². The number of aliphatic hydroxyl groups is 1. The minimum absolute atomic E-state index is 0.0120. The monoisotopic (exact) mass is 750 g/mol. The molecule has 266 valence electrons. The number of alkyl halides is 1. The molecule has 2 aromatic carbocycles. The van der Waals surface area contributed by atoms with Crippen LogP contribution < -0.4 is 0 Å². The van der Waals surface area contributed by atoms with Crippen molar-refractivity contribution in [2.45, 2.75) is 125 Å². The Kier molecular flexibility index (Phi) is 8.92. The van der Waals surface area contributed by atoms with Crippen molar-refractivity contribution in [3.63, 3.8) is 0 Å². The van der Waals surface area contributed by atoms with Crippen LogP contribution in [0.25, 0.3) is 6.08 Å². The lowest BCUT2D eigenvalue weighted by Crippen LogP contribution is -2.73. The molecule has 0 aromatic heterocycles. The number of halogens is 1. The molecule has 1 spiro atoms. The summed E-state index contributed by atoms with van der Waals surface area (Å²) >= 11 is 4.20. The van der Waals surface area contributed by atoms with E-state index in [4.69, 9.17) is 23.4 Å². The third-order valence-electron chi connectivity index (χ3n) is 12.9. The van der Waals surface area contributed by atoms with Crippen LogP contribution in [0.4, 0.5) is 0 Å². The van der Waals surface area contributed by atoms with Gasteiger partial charge in [0.15, 0.2) is 14.1 Å². The van der Waals surface area contributed by atoms with Crippen molar-refractivity contribution in [3.05, 3.63) is 90.0 Å². The topological polar surface area (TPSA) is 66.4 Å². The molecule has 3 heterocycles. The number of hydrogen-bond donors (Lipinski definition) is 1. The Morgan fingerprint density at radius 2 is 1.65 bits per heavy atom. The second-order valence-corrected chi connectivity index (χ2v) is 23.1. The fraction of sp³-hybridized carbons (Fsp3) is 0.610. The van der Waals surface area contributed by atoms with E-state index in [9.17, 15) is 5.11 Å². The van der Waals surface area contributed by atoms with Gasteiger partial charge in [0.2, 0.25) is 0 Å². The summed E-state index contributed by atoms with van der Waals surface area (Å²) < 4.78 is 35.4. The number of hydrogen-bond acceptors (Lipinski definition) is 6. The van der Waals surface area contributed by atoms with Gasteiger partial charge in [-0.3, -0.25) is 0 Å². The smallest absolute Gasteiger partial charge is 0.192 e. The van der Waals surface area contributed by atoms with Crippen LogP contribution in [0, 0.1) is 23.7 Å². The minimum Gasteiger partial charge on any atom is -0.414 e. The van der Waals surface area contributed by atoms with Crippen molar-refractivity contribution < 1.29 is 28.5 Å². The van der Waals surface area contributed by atoms with Crippen LogP contribution in [0.1, 0.15) is 65.5 Å². The van der Waals surface area contributed by atoms with Gasteiger partial charge in [-0.2, -0.15) is 0 Å². The Hall–Kier alpha value is -1.62. The van der Waals surface area contributed by atoms with E-state index < -0.39 is 35.7 Å². The molecule has 5 aliphatic rings. The summed E-state index contributed by atoms with van der Waals surface area (Å²) in [5.41, 5.74) is 0.347. The van der Waals surface area contributed by atoms with E-state index in [1.165, 1.54) is 0 Å². The number of fused-ring (bicyclic) bond motifs is 3. The standard InChI is InChI=1S/C41H55BrO6Si/c1-10-29-34-35(47-38(6,7)46-34)33(44-24-28-19-15-12-16-20-28)31-23-39(25-45-49(8,9)37(3,4)5)36(42)40(43)30(22-27-17-13-11-14-18-27)26(2)21-32(40)41(29,31)48-39/h10-20,22,26,29,31-36,43H,1,21,23-25H2,2-9H3/b30-22-/t26-,29-,31+,32-,33-,34-,35-,36-,39-,40+,41-/m1/s1. The molecule has 0 unspecified atom stereocenters. The van der Waals surface area contributed by atoms with Crippen LogP contribution in [0.3, 0.4) is 0 Å². The first-order valence-corrected chi connectivity index (χ1v) is 21.9. The highest BCUT2D eigenvalue weighted by Crippen LogP contribution is 2.72. The Bertz CT molecular complexity index is 1570. The normalized spacial score (nSPS) is 41.7. The van der Waals surface area contributed by atoms with Crippen LogP contribution in [0.2, 0.25) is 18.1 Å². The lowest BCUT2D eigenvalue weighted by molar-refractivity contribution is -0.281. The Balaban J connectivity index is 1.40. The largest absolute Gasteiger partial charge is 0.414 e. The maximum atomic E-state index is 13.6. The summed E-state index contributed by atoms with van der Waals surface area (Å²) in [6, 6.07) is 20.7. The quantitative estimate of drug-likeness (QED) is 0.166. The van der Waals surface area contributed by atoms with Crippen LogP contribution in [-0.4, -0.2) is 65.8 Å². The summed E-state index contributed by atoms with van der Waals surface area (Å²) in [4.78, 5) is -0.420. The van der Waals surface area contributed by atoms with E-state index in [-0.39, 0.29) is 47.0 Å². The maximum absolute atomic E-state index is 13.6. The molecule has 11 atom stereocenters. The number of rotatable bonds is 8. The lowest BCUT2D eigenvalue weighted by Gasteiger charge is -2.60. The molecule has 2 aromatic rings. The van der Waals surface area contributed by atoms with Crippen LogP contribution in [0.15, 0.2) is 78.9 Å². The summed E-state index contributed by atoms with van der Waals surface area (Å²) in [6.45, 7) is 22.8. The minimum atomic E-state index is -2.20. The summed E-state index contributed by atoms with van der Waals surface area (Å²) in [5, 5.41) is 13.6. The fourth-order valence-corrected chi connectivity index (χ4v) is 11.7. The Morgan fingerprint density at radius 1 is 1.02 bits per heavy atom. The molecular formula is C41H55BrO6Si. The second kappa shape index (κ2) is 12.2. The van der Waals surface area contributed by atoms with Crippen molar-refractivity contribution in [2.75, 3.05) is 6.61 Å². The van der Waals surface area contributed by atoms with Crippen molar-refractivity contribution >= 4 is 30.3 Å². The zero-order valence-corrected chi connectivity index (χ0v) is 33.0. The summed E-state index contributed by atoms with van der Waals surface area (Å²) in [5.74, 6) is -1.27. The first-order valence-electron chi connectivity index (χ1n) is 18.1. The molecule has 7 rings (SSSR count). The van der Waals surface area contributed by atoms with Crippen LogP contribution in [-0.2, 0) is 30.0 Å². The molecule has 2 saturated carbocycles. The number of ether oxygens (including phenoxy) is 4. The molecular weight excluding hydrogens is 696 g/mol. The molecule has 8 heteroatoms. The Labute approximate surface area is 302 Å². The predicted molar refractivity (Wildman–Crippen MR) is 200 cm³/mol. The van der Waals surface area contributed by atoms with Gasteiger partial charge in [-0.1, -0.05) is 116 Å². The third-order valence-corrected chi connectivity index (χ3v) is 18.9. The maximum Gasteiger partial charge on any atom is 0.192 e. The second-order valence-electron chi connectivity index (χ2n) is 17.4. The van der Waals surface area contributed by atoms with Gasteiger partial charge in [-0.05, 0) is 67.4 Å². The first-order chi connectivity index (χ1) is 23.0. The highest BCUT2D eigenvalue weighted by Gasteiger charge is 2.82. The van der Waals surface area contributed by atoms with Gasteiger partial charge in [0.1, 0.15) is 17.3 Å². The predicted octanol–water partition coefficient (Wildman–Crippen LogP) is 8.69. The van der Waals surface area contributed by atoms with Gasteiger partial charge < -0.3 is 28.5 Å². The fourth-order valence-electron chi connectivity index (χ4n) is 9.71. The van der Waals surface area contributed by atoms with E-state index in [0.29, 0.717) is 19.6 Å². The van der Waals surface area contributed by atoms with E-state index in [0.717, 1.165) is 23.1 Å². The molecule has 6 nitrogen and oxygen atoms in total. The molecule has 49 heavy (non-hydrogen) atoms. The SMILES string of the molecule is C=C[C@@H]1[C@H]2OC(C)(C)O[C@@H]2[C@H](OCc2ccccc2)[C@@H]2C[C@]3(CO[Si](C)(C)C(C)(C)C)O[C@]12[C@@H]1C[C@@H](C)/C(=C/c2ccccc2)[C@@]1(O)[C@@H]3Br. The molecule has 0 amide bonds. The molecule has 5 fully saturated rings. The van der Waals surface area contributed by atoms with Gasteiger partial charge in [-0.25, -0.2) is 0 Å². The van der Waals surface area contributed by atoms with Crippen LogP contribution >= 0.6 is 15.9 Å².